The summed E-state index contributed by atoms with van der Waals surface area (Å²) in [6.07, 6.45) is 0.541. The summed E-state index contributed by atoms with van der Waals surface area (Å²) in [6, 6.07) is 16.7. The first-order valence-corrected chi connectivity index (χ1v) is 10.8. The molecule has 1 aliphatic heterocycles. The molecule has 176 valence electrons. The van der Waals surface area contributed by atoms with Crippen molar-refractivity contribution in [2.45, 2.75) is 13.0 Å². The average molecular weight is 464 g/mol. The van der Waals surface area contributed by atoms with E-state index in [9.17, 15) is 14.0 Å². The number of hydrogen-bond donors (Lipinski definition) is 1. The molecular weight excluding hydrogens is 439 g/mol. The lowest BCUT2D eigenvalue weighted by Gasteiger charge is -2.29. The van der Waals surface area contributed by atoms with Crippen LogP contribution in [0.1, 0.15) is 21.5 Å². The number of nitrogens with zero attached hydrogens (tertiary/aromatic N) is 1. The van der Waals surface area contributed by atoms with Gasteiger partial charge in [-0.25, -0.2) is 4.39 Å². The number of fused-ring (bicyclic) bond motifs is 1. The number of benzene rings is 3. The van der Waals surface area contributed by atoms with Crippen molar-refractivity contribution in [1.29, 1.82) is 0 Å². The van der Waals surface area contributed by atoms with Crippen LogP contribution in [-0.2, 0) is 17.8 Å². The van der Waals surface area contributed by atoms with Crippen LogP contribution in [0.4, 0.5) is 10.1 Å². The predicted octanol–water partition coefficient (Wildman–Crippen LogP) is 4.06. The Kier molecular flexibility index (Phi) is 6.96. The molecule has 0 unspecified atom stereocenters. The Hall–Kier alpha value is -4.07. The molecule has 1 aliphatic rings. The molecule has 0 bridgehead atoms. The zero-order valence-electron chi connectivity index (χ0n) is 19.0. The minimum Gasteiger partial charge on any atom is -0.497 e. The fourth-order valence-electron chi connectivity index (χ4n) is 3.89. The van der Waals surface area contributed by atoms with Crippen molar-refractivity contribution < 1.29 is 28.2 Å². The fourth-order valence-corrected chi connectivity index (χ4v) is 3.89. The molecule has 34 heavy (non-hydrogen) atoms. The number of carbonyl (C=O) groups is 2. The molecule has 0 aromatic heterocycles. The minimum absolute atomic E-state index is 0.192. The molecule has 0 saturated heterocycles. The summed E-state index contributed by atoms with van der Waals surface area (Å²) in [5.74, 6) is 0.652. The maximum Gasteiger partial charge on any atom is 0.262 e. The van der Waals surface area contributed by atoms with Crippen molar-refractivity contribution in [3.05, 3.63) is 83.2 Å². The number of amides is 2. The molecule has 8 heteroatoms. The van der Waals surface area contributed by atoms with Gasteiger partial charge in [0.1, 0.15) is 23.1 Å². The van der Waals surface area contributed by atoms with E-state index >= 15 is 0 Å². The number of nitrogens with one attached hydrogen (secondary N) is 1. The zero-order chi connectivity index (χ0) is 24.1. The smallest absolute Gasteiger partial charge is 0.262 e. The molecule has 2 amide bonds. The molecule has 1 heterocycles. The molecule has 0 saturated carbocycles. The summed E-state index contributed by atoms with van der Waals surface area (Å²) >= 11 is 0. The fraction of sp³-hybridized carbons (Fsp3) is 0.231. The lowest BCUT2D eigenvalue weighted by molar-refractivity contribution is -0.118. The van der Waals surface area contributed by atoms with Crippen molar-refractivity contribution in [3.63, 3.8) is 0 Å². The molecule has 0 fully saturated rings. The van der Waals surface area contributed by atoms with Gasteiger partial charge in [0, 0.05) is 35.8 Å². The topological polar surface area (TPSA) is 77.1 Å². The van der Waals surface area contributed by atoms with E-state index in [0.29, 0.717) is 47.0 Å². The number of hydrogen-bond acceptors (Lipinski definition) is 5. The van der Waals surface area contributed by atoms with Gasteiger partial charge in [-0.05, 0) is 36.8 Å². The highest BCUT2D eigenvalue weighted by Gasteiger charge is 2.27. The van der Waals surface area contributed by atoms with E-state index in [2.05, 4.69) is 5.32 Å². The van der Waals surface area contributed by atoms with E-state index in [-0.39, 0.29) is 30.8 Å². The standard InChI is InChI=1S/C26H25FN2O5/c1-32-18-10-11-22(24(14-18)33-2)28-25(30)16-34-23-9-5-7-20-19(23)12-13-29(26(20)31)15-17-6-3-4-8-21(17)27/h3-11,14H,12-13,15-16H2,1-2H3,(H,28,30). The molecule has 4 rings (SSSR count). The Morgan fingerprint density at radius 2 is 1.85 bits per heavy atom. The normalized spacial score (nSPS) is 12.7. The Morgan fingerprint density at radius 1 is 1.03 bits per heavy atom. The SMILES string of the molecule is COc1ccc(NC(=O)COc2cccc3c2CCN(Cc2ccccc2F)C3=O)c(OC)c1. The molecular formula is C26H25FN2O5. The van der Waals surface area contributed by atoms with Gasteiger partial charge in [0.15, 0.2) is 6.61 Å². The first-order chi connectivity index (χ1) is 16.5. The van der Waals surface area contributed by atoms with E-state index in [1.165, 1.54) is 13.2 Å². The maximum absolute atomic E-state index is 14.0. The van der Waals surface area contributed by atoms with Gasteiger partial charge in [-0.1, -0.05) is 24.3 Å². The highest BCUT2D eigenvalue weighted by Crippen LogP contribution is 2.30. The molecule has 0 atom stereocenters. The summed E-state index contributed by atoms with van der Waals surface area (Å²) < 4.78 is 30.3. The summed E-state index contributed by atoms with van der Waals surface area (Å²) in [6.45, 7) is 0.386. The van der Waals surface area contributed by atoms with E-state index in [0.717, 1.165) is 5.56 Å². The first-order valence-electron chi connectivity index (χ1n) is 10.8. The third-order valence-corrected chi connectivity index (χ3v) is 5.64. The average Bonchev–Trinajstić information content (AvgIpc) is 2.86. The van der Waals surface area contributed by atoms with Crippen molar-refractivity contribution in [2.75, 3.05) is 32.7 Å². The number of anilines is 1. The van der Waals surface area contributed by atoms with Gasteiger partial charge in [0.2, 0.25) is 0 Å². The minimum atomic E-state index is -0.371. The summed E-state index contributed by atoms with van der Waals surface area (Å²) in [5, 5.41) is 2.76. The van der Waals surface area contributed by atoms with Gasteiger partial charge >= 0.3 is 0 Å². The highest BCUT2D eigenvalue weighted by atomic mass is 19.1. The molecule has 0 spiro atoms. The summed E-state index contributed by atoms with van der Waals surface area (Å²) in [5.41, 5.74) is 2.20. The van der Waals surface area contributed by atoms with Gasteiger partial charge in [0.25, 0.3) is 11.8 Å². The summed E-state index contributed by atoms with van der Waals surface area (Å²) in [4.78, 5) is 27.1. The molecule has 3 aromatic rings. The van der Waals surface area contributed by atoms with Crippen LogP contribution in [0, 0.1) is 5.82 Å². The monoisotopic (exact) mass is 464 g/mol. The number of halogens is 1. The number of ether oxygens (including phenoxy) is 3. The second-order valence-corrected chi connectivity index (χ2v) is 7.75. The number of carbonyl (C=O) groups excluding carboxylic acids is 2. The van der Waals surface area contributed by atoms with Gasteiger partial charge in [0.05, 0.1) is 19.9 Å². The highest BCUT2D eigenvalue weighted by molar-refractivity contribution is 5.97. The molecule has 0 aliphatic carbocycles. The van der Waals surface area contributed by atoms with E-state index in [1.807, 2.05) is 0 Å². The van der Waals surface area contributed by atoms with Crippen LogP contribution in [0.15, 0.2) is 60.7 Å². The Bertz CT molecular complexity index is 1210. The second kappa shape index (κ2) is 10.2. The van der Waals surface area contributed by atoms with Crippen LogP contribution in [0.2, 0.25) is 0 Å². The molecule has 7 nitrogen and oxygen atoms in total. The quantitative estimate of drug-likeness (QED) is 0.544. The Balaban J connectivity index is 1.42. The number of methoxy groups -OCH3 is 2. The van der Waals surface area contributed by atoms with Crippen molar-refractivity contribution in [2.24, 2.45) is 0 Å². The van der Waals surface area contributed by atoms with Crippen molar-refractivity contribution in [1.82, 2.24) is 4.90 Å². The van der Waals surface area contributed by atoms with E-state index in [4.69, 9.17) is 14.2 Å². The summed E-state index contributed by atoms with van der Waals surface area (Å²) in [7, 11) is 3.05. The van der Waals surface area contributed by atoms with Crippen molar-refractivity contribution >= 4 is 17.5 Å². The first kappa shape index (κ1) is 23.1. The second-order valence-electron chi connectivity index (χ2n) is 7.75. The van der Waals surface area contributed by atoms with Crippen LogP contribution in [0.25, 0.3) is 0 Å². The number of rotatable bonds is 8. The van der Waals surface area contributed by atoms with Crippen LogP contribution in [0.3, 0.4) is 0 Å². The molecule has 0 radical (unpaired) electrons. The molecule has 1 N–H and O–H groups in total. The van der Waals surface area contributed by atoms with Crippen LogP contribution >= 0.6 is 0 Å². The Labute approximate surface area is 197 Å². The largest absolute Gasteiger partial charge is 0.497 e. The van der Waals surface area contributed by atoms with E-state index in [1.54, 1.807) is 66.6 Å². The van der Waals surface area contributed by atoms with Crippen LogP contribution in [-0.4, -0.2) is 44.1 Å². The van der Waals surface area contributed by atoms with Crippen molar-refractivity contribution in [3.8, 4) is 17.2 Å². The van der Waals surface area contributed by atoms with E-state index < -0.39 is 0 Å². The predicted molar refractivity (Wildman–Crippen MR) is 125 cm³/mol. The van der Waals surface area contributed by atoms with Gasteiger partial charge < -0.3 is 24.4 Å². The molecule has 3 aromatic carbocycles. The van der Waals surface area contributed by atoms with Crippen LogP contribution < -0.4 is 19.5 Å². The van der Waals surface area contributed by atoms with Crippen LogP contribution in [0.5, 0.6) is 17.2 Å². The van der Waals surface area contributed by atoms with Gasteiger partial charge in [-0.2, -0.15) is 0 Å². The Morgan fingerprint density at radius 3 is 2.62 bits per heavy atom. The maximum atomic E-state index is 14.0. The van der Waals surface area contributed by atoms with Gasteiger partial charge in [-0.3, -0.25) is 9.59 Å². The zero-order valence-corrected chi connectivity index (χ0v) is 19.0. The third-order valence-electron chi connectivity index (χ3n) is 5.64. The lowest BCUT2D eigenvalue weighted by atomic mass is 9.97. The third kappa shape index (κ3) is 4.96. The lowest BCUT2D eigenvalue weighted by Crippen LogP contribution is -2.37. The van der Waals surface area contributed by atoms with Gasteiger partial charge in [-0.15, -0.1) is 0 Å².